The second-order valence-electron chi connectivity index (χ2n) is 16.2. The number of oxime groups is 1. The molecular weight excluding hydrogens is 712 g/mol. The van der Waals surface area contributed by atoms with E-state index in [2.05, 4.69) is 15.8 Å². The Bertz CT molecular complexity index is 1910. The van der Waals surface area contributed by atoms with Crippen LogP contribution in [0, 0.1) is 11.3 Å². The third-order valence-electron chi connectivity index (χ3n) is 9.84. The molecule has 1 saturated heterocycles. The predicted molar refractivity (Wildman–Crippen MR) is 190 cm³/mol. The Morgan fingerprint density at radius 1 is 0.925 bits per heavy atom. The molecule has 1 aliphatic heterocycles. The van der Waals surface area contributed by atoms with Gasteiger partial charge in [0.1, 0.15) is 35.0 Å². The first kappa shape index (κ1) is 38.1. The number of sulfonamides is 1. The summed E-state index contributed by atoms with van der Waals surface area (Å²) in [5.74, 6) is -4.55. The molecule has 1 heterocycles. The molecule has 3 aliphatic carbocycles. The summed E-state index contributed by atoms with van der Waals surface area (Å²) in [6.45, 7) is 9.94. The molecule has 2 aromatic rings. The highest BCUT2D eigenvalue weighted by molar-refractivity contribution is 7.91. The van der Waals surface area contributed by atoms with E-state index in [1.807, 2.05) is 53.3 Å². The van der Waals surface area contributed by atoms with Gasteiger partial charge in [0, 0.05) is 17.5 Å². The average Bonchev–Trinajstić information content (AvgIpc) is 3.98. The van der Waals surface area contributed by atoms with Crippen LogP contribution in [0.25, 0.3) is 11.1 Å². The van der Waals surface area contributed by atoms with Crippen molar-refractivity contribution in [2.45, 2.75) is 108 Å². The number of fused-ring (bicyclic) bond motifs is 3. The number of carbonyl (C=O) groups excluding carboxylic acids is 4. The third kappa shape index (κ3) is 7.87. The lowest BCUT2D eigenvalue weighted by molar-refractivity contribution is -0.143. The summed E-state index contributed by atoms with van der Waals surface area (Å²) in [5.41, 5.74) is 0.112. The zero-order chi connectivity index (χ0) is 38.7. The summed E-state index contributed by atoms with van der Waals surface area (Å²) in [7, 11) is -4.12. The minimum atomic E-state index is -4.12. The van der Waals surface area contributed by atoms with E-state index in [1.165, 1.54) is 4.90 Å². The predicted octanol–water partition coefficient (Wildman–Crippen LogP) is 4.09. The molecule has 2 aromatic carbocycles. The molecule has 4 amide bonds. The number of nitrogens with one attached hydrogen (secondary N) is 3. The van der Waals surface area contributed by atoms with Crippen LogP contribution in [0.15, 0.2) is 53.7 Å². The molecule has 6 rings (SSSR count). The van der Waals surface area contributed by atoms with Gasteiger partial charge in [-0.05, 0) is 56.6 Å². The van der Waals surface area contributed by atoms with Gasteiger partial charge < -0.3 is 25.1 Å². The average molecular weight is 758 g/mol. The Hall–Kier alpha value is -4.60. The maximum atomic E-state index is 14.4. The smallest absolute Gasteiger partial charge is 0.408 e. The fourth-order valence-electron chi connectivity index (χ4n) is 6.86. The number of nitrogens with zero attached hydrogens (tertiary/aromatic N) is 2. The SMILES string of the molecule is CC(C)(C)OC(=O)N[C@H](C(=O)N1C[C@H](ON=C2c3ccccc3-c3ccccc32)C[C@H]1C(=O)N[C@]1(C(=O)NS(=O)(=O)C2CC2)C[C@H]1C(F)F)C(C)(C)C. The van der Waals surface area contributed by atoms with Gasteiger partial charge in [0.25, 0.3) is 5.91 Å². The summed E-state index contributed by atoms with van der Waals surface area (Å²) in [6, 6.07) is 12.7. The van der Waals surface area contributed by atoms with E-state index < -0.39 is 92.6 Å². The van der Waals surface area contributed by atoms with Crippen LogP contribution in [0.5, 0.6) is 0 Å². The highest BCUT2D eigenvalue weighted by Gasteiger charge is 2.67. The van der Waals surface area contributed by atoms with Gasteiger partial charge in [0.05, 0.1) is 17.7 Å². The molecule has 13 nitrogen and oxygen atoms in total. The molecule has 286 valence electrons. The highest BCUT2D eigenvalue weighted by atomic mass is 32.2. The van der Waals surface area contributed by atoms with Gasteiger partial charge in [-0.3, -0.25) is 19.1 Å². The van der Waals surface area contributed by atoms with Gasteiger partial charge >= 0.3 is 6.09 Å². The van der Waals surface area contributed by atoms with Crippen LogP contribution in [0.4, 0.5) is 13.6 Å². The Morgan fingerprint density at radius 3 is 1.98 bits per heavy atom. The molecule has 2 saturated carbocycles. The minimum absolute atomic E-state index is 0.154. The van der Waals surface area contributed by atoms with Crippen LogP contribution in [0.1, 0.15) is 78.4 Å². The monoisotopic (exact) mass is 757 g/mol. The quantitative estimate of drug-likeness (QED) is 0.260. The van der Waals surface area contributed by atoms with Crippen LogP contribution in [0.3, 0.4) is 0 Å². The van der Waals surface area contributed by atoms with E-state index in [0.29, 0.717) is 18.6 Å². The first-order valence-electron chi connectivity index (χ1n) is 17.6. The van der Waals surface area contributed by atoms with E-state index in [9.17, 15) is 36.4 Å². The second-order valence-corrected chi connectivity index (χ2v) is 18.2. The van der Waals surface area contributed by atoms with Gasteiger partial charge in [0.2, 0.25) is 28.3 Å². The van der Waals surface area contributed by atoms with Gasteiger partial charge in [-0.15, -0.1) is 0 Å². The lowest BCUT2D eigenvalue weighted by Gasteiger charge is -2.36. The van der Waals surface area contributed by atoms with Crippen LogP contribution < -0.4 is 15.4 Å². The molecule has 0 unspecified atom stereocenters. The van der Waals surface area contributed by atoms with Crippen molar-refractivity contribution in [3.8, 4) is 11.1 Å². The van der Waals surface area contributed by atoms with Gasteiger partial charge in [-0.2, -0.15) is 0 Å². The fourth-order valence-corrected chi connectivity index (χ4v) is 8.23. The molecule has 5 atom stereocenters. The van der Waals surface area contributed by atoms with E-state index >= 15 is 0 Å². The van der Waals surface area contributed by atoms with Crippen molar-refractivity contribution in [3.05, 3.63) is 59.7 Å². The number of alkyl carbamates (subject to hydrolysis) is 1. The molecule has 3 N–H and O–H groups in total. The fraction of sp³-hybridized carbons (Fsp3) is 0.541. The molecule has 0 radical (unpaired) electrons. The Morgan fingerprint density at radius 2 is 1.49 bits per heavy atom. The summed E-state index contributed by atoms with van der Waals surface area (Å²) in [5, 5.41) is 8.72. The highest BCUT2D eigenvalue weighted by Crippen LogP contribution is 2.48. The van der Waals surface area contributed by atoms with E-state index in [1.54, 1.807) is 41.5 Å². The van der Waals surface area contributed by atoms with Gasteiger partial charge in [-0.25, -0.2) is 22.0 Å². The molecule has 0 bridgehead atoms. The number of carbonyl (C=O) groups is 4. The van der Waals surface area contributed by atoms with E-state index in [4.69, 9.17) is 9.57 Å². The van der Waals surface area contributed by atoms with Crippen molar-refractivity contribution in [2.75, 3.05) is 6.54 Å². The normalized spacial score (nSPS) is 24.1. The largest absolute Gasteiger partial charge is 0.444 e. The molecule has 0 spiro atoms. The summed E-state index contributed by atoms with van der Waals surface area (Å²) < 4.78 is 60.7. The number of halogens is 2. The number of likely N-dealkylation sites (tertiary alicyclic amines) is 1. The van der Waals surface area contributed by atoms with Crippen molar-refractivity contribution in [2.24, 2.45) is 16.5 Å². The van der Waals surface area contributed by atoms with Gasteiger partial charge in [0.15, 0.2) is 0 Å². The standard InChI is InChI=1S/C37H45F2N5O8S/c1-35(2,3)29(40-34(48)51-36(4,5)6)32(46)44-19-20(52-42-28-24-13-9-7-11-22(24)23-12-8-10-14-25(23)28)17-27(44)31(45)41-37(18-26(37)30(38)39)33(47)43-53(49,50)21-15-16-21/h7-14,20-21,26-27,29-30H,15-19H2,1-6H3,(H,40,48)(H,41,45)(H,43,47)/t20-,26+,27+,29-,37-/m1/s1. The van der Waals surface area contributed by atoms with Crippen LogP contribution in [-0.4, -0.2) is 90.4 Å². The molecule has 3 fully saturated rings. The lowest BCUT2D eigenvalue weighted by Crippen LogP contribution is -2.60. The number of alkyl halides is 2. The number of hydrogen-bond acceptors (Lipinski definition) is 9. The Balaban J connectivity index is 1.30. The number of benzene rings is 2. The van der Waals surface area contributed by atoms with E-state index in [0.717, 1.165) is 22.3 Å². The molecule has 16 heteroatoms. The lowest BCUT2D eigenvalue weighted by atomic mass is 9.85. The Kier molecular flexibility index (Phi) is 9.84. The van der Waals surface area contributed by atoms with Crippen molar-refractivity contribution in [3.63, 3.8) is 0 Å². The summed E-state index contributed by atoms with van der Waals surface area (Å²) in [6.07, 6.45) is -4.79. The van der Waals surface area contributed by atoms with Gasteiger partial charge in [-0.1, -0.05) is 74.5 Å². The van der Waals surface area contributed by atoms with Crippen molar-refractivity contribution in [1.29, 1.82) is 0 Å². The third-order valence-corrected chi connectivity index (χ3v) is 11.7. The maximum Gasteiger partial charge on any atom is 0.408 e. The van der Waals surface area contributed by atoms with Crippen molar-refractivity contribution < 1.29 is 46.0 Å². The second kappa shape index (κ2) is 13.7. The van der Waals surface area contributed by atoms with Crippen LogP contribution in [0.2, 0.25) is 0 Å². The zero-order valence-corrected chi connectivity index (χ0v) is 31.3. The molecular formula is C37H45F2N5O8S. The zero-order valence-electron chi connectivity index (χ0n) is 30.4. The van der Waals surface area contributed by atoms with E-state index in [-0.39, 0.29) is 13.0 Å². The molecule has 0 aromatic heterocycles. The topological polar surface area (TPSA) is 173 Å². The van der Waals surface area contributed by atoms with Crippen molar-refractivity contribution in [1.82, 2.24) is 20.3 Å². The van der Waals surface area contributed by atoms with Crippen LogP contribution >= 0.6 is 0 Å². The maximum absolute atomic E-state index is 14.4. The molecule has 4 aliphatic rings. The summed E-state index contributed by atoms with van der Waals surface area (Å²) >= 11 is 0. The van der Waals surface area contributed by atoms with Crippen molar-refractivity contribution >= 4 is 39.5 Å². The molecule has 53 heavy (non-hydrogen) atoms. The first-order chi connectivity index (χ1) is 24.7. The number of ether oxygens (including phenoxy) is 1. The number of hydrogen-bond donors (Lipinski definition) is 3. The van der Waals surface area contributed by atoms with Crippen LogP contribution in [-0.2, 0) is 34.0 Å². The number of amides is 4. The minimum Gasteiger partial charge on any atom is -0.444 e. The first-order valence-corrected chi connectivity index (χ1v) is 19.2. The Labute approximate surface area is 307 Å². The summed E-state index contributed by atoms with van der Waals surface area (Å²) in [4.78, 5) is 62.0. The number of rotatable bonds is 10.